The molecule has 1 heterocycles. The van der Waals surface area contributed by atoms with Gasteiger partial charge < -0.3 is 9.64 Å². The van der Waals surface area contributed by atoms with Crippen molar-refractivity contribution in [1.82, 2.24) is 5.43 Å². The molecule has 1 amide bonds. The number of benzene rings is 1. The zero-order valence-corrected chi connectivity index (χ0v) is 13.1. The van der Waals surface area contributed by atoms with Crippen molar-refractivity contribution in [2.24, 2.45) is 5.10 Å². The predicted octanol–water partition coefficient (Wildman–Crippen LogP) is -0.260. The maximum absolute atomic E-state index is 11.8. The van der Waals surface area contributed by atoms with Crippen LogP contribution in [0, 0.1) is 10.1 Å². The number of nitro benzene ring substituents is 1. The summed E-state index contributed by atoms with van der Waals surface area (Å²) in [4.78, 5) is 23.5. The van der Waals surface area contributed by atoms with Crippen molar-refractivity contribution >= 4 is 17.3 Å². The lowest BCUT2D eigenvalue weighted by molar-refractivity contribution is -0.907. The van der Waals surface area contributed by atoms with E-state index >= 15 is 0 Å². The normalized spacial score (nSPS) is 16.1. The van der Waals surface area contributed by atoms with E-state index in [9.17, 15) is 14.9 Å². The summed E-state index contributed by atoms with van der Waals surface area (Å²) < 4.78 is 5.27. The van der Waals surface area contributed by atoms with E-state index in [0.29, 0.717) is 17.7 Å². The minimum Gasteiger partial charge on any atom is -0.370 e. The average molecular weight is 321 g/mol. The second-order valence-corrected chi connectivity index (χ2v) is 5.40. The van der Waals surface area contributed by atoms with Crippen LogP contribution in [-0.2, 0) is 9.53 Å². The van der Waals surface area contributed by atoms with Gasteiger partial charge in [0.2, 0.25) is 5.91 Å². The SMILES string of the molecule is C/C(=N/NC(=O)CC[NH+]1CCOCC1)c1cccc([N+](=O)[O-])c1. The van der Waals surface area contributed by atoms with Gasteiger partial charge in [-0.25, -0.2) is 5.43 Å². The third-order valence-electron chi connectivity index (χ3n) is 3.73. The van der Waals surface area contributed by atoms with Crippen LogP contribution in [0.2, 0.25) is 0 Å². The van der Waals surface area contributed by atoms with Crippen LogP contribution in [0.3, 0.4) is 0 Å². The molecule has 1 aliphatic rings. The topological polar surface area (TPSA) is 98.3 Å². The van der Waals surface area contributed by atoms with Crippen LogP contribution in [0.15, 0.2) is 29.4 Å². The lowest BCUT2D eigenvalue weighted by atomic mass is 10.1. The molecule has 1 aromatic rings. The number of nitrogens with one attached hydrogen (secondary N) is 2. The molecule has 0 radical (unpaired) electrons. The van der Waals surface area contributed by atoms with Crippen LogP contribution < -0.4 is 10.3 Å². The number of hydrogen-bond donors (Lipinski definition) is 2. The Morgan fingerprint density at radius 1 is 1.43 bits per heavy atom. The van der Waals surface area contributed by atoms with Crippen molar-refractivity contribution in [3.63, 3.8) is 0 Å². The number of non-ortho nitro benzene ring substituents is 1. The molecule has 1 aliphatic heterocycles. The summed E-state index contributed by atoms with van der Waals surface area (Å²) in [7, 11) is 0. The molecule has 0 aliphatic carbocycles. The molecule has 0 bridgehead atoms. The predicted molar refractivity (Wildman–Crippen MR) is 84.4 cm³/mol. The number of rotatable bonds is 6. The highest BCUT2D eigenvalue weighted by molar-refractivity contribution is 5.99. The lowest BCUT2D eigenvalue weighted by Crippen LogP contribution is -3.14. The van der Waals surface area contributed by atoms with Crippen LogP contribution in [0.5, 0.6) is 0 Å². The summed E-state index contributed by atoms with van der Waals surface area (Å²) in [6, 6.07) is 6.16. The average Bonchev–Trinajstić information content (AvgIpc) is 2.58. The van der Waals surface area contributed by atoms with Crippen molar-refractivity contribution < 1.29 is 19.4 Å². The molecule has 23 heavy (non-hydrogen) atoms. The minimum atomic E-state index is -0.458. The van der Waals surface area contributed by atoms with E-state index in [2.05, 4.69) is 10.5 Å². The van der Waals surface area contributed by atoms with Crippen molar-refractivity contribution in [2.75, 3.05) is 32.8 Å². The molecule has 0 atom stereocenters. The second kappa shape index (κ2) is 8.35. The largest absolute Gasteiger partial charge is 0.370 e. The fourth-order valence-corrected chi connectivity index (χ4v) is 2.31. The minimum absolute atomic E-state index is 0.000654. The van der Waals surface area contributed by atoms with E-state index in [-0.39, 0.29) is 11.6 Å². The van der Waals surface area contributed by atoms with Gasteiger partial charge in [0.15, 0.2) is 0 Å². The highest BCUT2D eigenvalue weighted by Gasteiger charge is 2.15. The first-order chi connectivity index (χ1) is 11.1. The second-order valence-electron chi connectivity index (χ2n) is 5.40. The molecule has 1 fully saturated rings. The van der Waals surface area contributed by atoms with Gasteiger partial charge >= 0.3 is 0 Å². The number of amides is 1. The maximum Gasteiger partial charge on any atom is 0.270 e. The van der Waals surface area contributed by atoms with E-state index in [0.717, 1.165) is 32.8 Å². The molecule has 8 nitrogen and oxygen atoms in total. The van der Waals surface area contributed by atoms with Crippen molar-refractivity contribution in [3.8, 4) is 0 Å². The number of nitrogens with zero attached hydrogens (tertiary/aromatic N) is 2. The Balaban J connectivity index is 1.84. The number of carbonyl (C=O) groups excluding carboxylic acids is 1. The molecule has 124 valence electrons. The number of nitro groups is 1. The Hall–Kier alpha value is -2.32. The summed E-state index contributed by atoms with van der Waals surface area (Å²) in [6.45, 7) is 5.77. The summed E-state index contributed by atoms with van der Waals surface area (Å²) in [5.41, 5.74) is 3.64. The van der Waals surface area contributed by atoms with Gasteiger partial charge in [0.1, 0.15) is 13.1 Å². The zero-order chi connectivity index (χ0) is 16.7. The third kappa shape index (κ3) is 5.42. The summed E-state index contributed by atoms with van der Waals surface area (Å²) in [5, 5.41) is 14.8. The Morgan fingerprint density at radius 2 is 2.17 bits per heavy atom. The molecule has 1 aromatic carbocycles. The van der Waals surface area contributed by atoms with Crippen molar-refractivity contribution in [3.05, 3.63) is 39.9 Å². The molecule has 1 saturated heterocycles. The molecule has 8 heteroatoms. The standard InChI is InChI=1S/C15H20N4O4/c1-12(13-3-2-4-14(11-13)19(21)22)16-17-15(20)5-6-18-7-9-23-10-8-18/h2-4,11H,5-10H2,1H3,(H,17,20)/p+1/b16-12-. The fraction of sp³-hybridized carbons (Fsp3) is 0.467. The fourth-order valence-electron chi connectivity index (χ4n) is 2.31. The van der Waals surface area contributed by atoms with E-state index in [1.54, 1.807) is 19.1 Å². The van der Waals surface area contributed by atoms with Crippen LogP contribution >= 0.6 is 0 Å². The van der Waals surface area contributed by atoms with Crippen LogP contribution in [-0.4, -0.2) is 49.4 Å². The summed E-state index contributed by atoms with van der Waals surface area (Å²) in [6.07, 6.45) is 0.390. The molecular weight excluding hydrogens is 300 g/mol. The van der Waals surface area contributed by atoms with Crippen molar-refractivity contribution in [2.45, 2.75) is 13.3 Å². The number of morpholine rings is 1. The van der Waals surface area contributed by atoms with Crippen LogP contribution in [0.25, 0.3) is 0 Å². The molecule has 0 unspecified atom stereocenters. The van der Waals surface area contributed by atoms with E-state index in [1.807, 2.05) is 0 Å². The quantitative estimate of drug-likeness (QED) is 0.428. The highest BCUT2D eigenvalue weighted by atomic mass is 16.6. The first kappa shape index (κ1) is 17.0. The first-order valence-electron chi connectivity index (χ1n) is 7.55. The monoisotopic (exact) mass is 321 g/mol. The molecule has 0 saturated carbocycles. The zero-order valence-electron chi connectivity index (χ0n) is 13.1. The number of hydrazone groups is 1. The number of hydrogen-bond acceptors (Lipinski definition) is 5. The molecular formula is C15H21N4O4+. The van der Waals surface area contributed by atoms with E-state index < -0.39 is 4.92 Å². The summed E-state index contributed by atoms with van der Waals surface area (Å²) >= 11 is 0. The van der Waals surface area contributed by atoms with Gasteiger partial charge in [-0.2, -0.15) is 5.10 Å². The smallest absolute Gasteiger partial charge is 0.270 e. The van der Waals surface area contributed by atoms with Gasteiger partial charge in [0, 0.05) is 17.7 Å². The Labute approximate surface area is 134 Å². The summed E-state index contributed by atoms with van der Waals surface area (Å²) in [5.74, 6) is -0.159. The van der Waals surface area contributed by atoms with Crippen LogP contribution in [0.4, 0.5) is 5.69 Å². The van der Waals surface area contributed by atoms with Gasteiger partial charge in [0.25, 0.3) is 5.69 Å². The van der Waals surface area contributed by atoms with Crippen molar-refractivity contribution in [1.29, 1.82) is 0 Å². The Morgan fingerprint density at radius 3 is 2.87 bits per heavy atom. The van der Waals surface area contributed by atoms with Crippen LogP contribution in [0.1, 0.15) is 18.9 Å². The van der Waals surface area contributed by atoms with Gasteiger partial charge in [-0.1, -0.05) is 12.1 Å². The number of carbonyl (C=O) groups is 1. The molecule has 2 N–H and O–H groups in total. The van der Waals surface area contributed by atoms with Gasteiger partial charge in [-0.3, -0.25) is 14.9 Å². The highest BCUT2D eigenvalue weighted by Crippen LogP contribution is 2.13. The van der Waals surface area contributed by atoms with E-state index in [1.165, 1.54) is 17.0 Å². The molecule has 0 spiro atoms. The third-order valence-corrected chi connectivity index (χ3v) is 3.73. The lowest BCUT2D eigenvalue weighted by Gasteiger charge is -2.23. The molecule has 2 rings (SSSR count). The molecule has 0 aromatic heterocycles. The number of quaternary nitrogens is 1. The number of ether oxygens (including phenoxy) is 1. The van der Waals surface area contributed by atoms with E-state index in [4.69, 9.17) is 4.74 Å². The van der Waals surface area contributed by atoms with Gasteiger partial charge in [-0.05, 0) is 6.92 Å². The Kier molecular flexibility index (Phi) is 6.19. The first-order valence-corrected chi connectivity index (χ1v) is 7.55. The van der Waals surface area contributed by atoms with Gasteiger partial charge in [0.05, 0.1) is 36.8 Å². The Bertz CT molecular complexity index is 597. The van der Waals surface area contributed by atoms with Gasteiger partial charge in [-0.15, -0.1) is 0 Å². The maximum atomic E-state index is 11.8.